The normalized spacial score (nSPS) is 18.8. The van der Waals surface area contributed by atoms with Crippen LogP contribution in [0.15, 0.2) is 65.6 Å². The van der Waals surface area contributed by atoms with Crippen molar-refractivity contribution in [2.75, 3.05) is 22.7 Å². The fourth-order valence-corrected chi connectivity index (χ4v) is 6.13. The van der Waals surface area contributed by atoms with Gasteiger partial charge in [0.15, 0.2) is 0 Å². The van der Waals surface area contributed by atoms with Gasteiger partial charge in [-0.1, -0.05) is 42.5 Å². The number of anilines is 2. The van der Waals surface area contributed by atoms with Crippen molar-refractivity contribution < 1.29 is 17.2 Å². The van der Waals surface area contributed by atoms with Crippen LogP contribution in [0.25, 0.3) is 6.08 Å². The summed E-state index contributed by atoms with van der Waals surface area (Å²) >= 11 is 0. The number of aromatic nitrogens is 1. The van der Waals surface area contributed by atoms with E-state index in [1.807, 2.05) is 24.3 Å². The first-order valence-corrected chi connectivity index (χ1v) is 13.5. The number of fused-ring (bicyclic) bond motifs is 1. The lowest BCUT2D eigenvalue weighted by molar-refractivity contribution is 0.441. The molecule has 2 aromatic carbocycles. The van der Waals surface area contributed by atoms with E-state index in [1.54, 1.807) is 0 Å². The summed E-state index contributed by atoms with van der Waals surface area (Å²) in [5.74, 6) is -1.49. The molecule has 6 nitrogen and oxygen atoms in total. The van der Waals surface area contributed by atoms with Gasteiger partial charge in [0.2, 0.25) is 5.95 Å². The van der Waals surface area contributed by atoms with Crippen molar-refractivity contribution in [1.29, 1.82) is 0 Å². The lowest BCUT2D eigenvalue weighted by Gasteiger charge is -2.39. The fourth-order valence-electron chi connectivity index (χ4n) is 5.03. The highest BCUT2D eigenvalue weighted by Gasteiger charge is 2.31. The molecule has 3 heterocycles. The van der Waals surface area contributed by atoms with Crippen molar-refractivity contribution in [3.05, 3.63) is 89.1 Å². The highest BCUT2D eigenvalue weighted by Crippen LogP contribution is 2.40. The Morgan fingerprint density at radius 1 is 1.11 bits per heavy atom. The average Bonchev–Trinajstić information content (AvgIpc) is 2.94. The van der Waals surface area contributed by atoms with Gasteiger partial charge >= 0.3 is 0 Å². The first-order valence-electron chi connectivity index (χ1n) is 12.0. The number of hydrogen-bond acceptors (Lipinski definition) is 5. The van der Waals surface area contributed by atoms with Crippen LogP contribution in [-0.2, 0) is 10.0 Å². The van der Waals surface area contributed by atoms with Gasteiger partial charge in [0.1, 0.15) is 16.5 Å². The maximum absolute atomic E-state index is 15.5. The molecule has 2 N–H and O–H groups in total. The maximum Gasteiger partial charge on any atom is 0.265 e. The SMILES string of the molecule is CC1CC=Cc2cc(S(=O)(=O)Nc3cccc(F)n3)c(F)cc2N1C(C)c1ccccc1C1CNC1. The van der Waals surface area contributed by atoms with E-state index in [0.717, 1.165) is 25.6 Å². The van der Waals surface area contributed by atoms with Gasteiger partial charge in [0.05, 0.1) is 6.04 Å². The van der Waals surface area contributed by atoms with Gasteiger partial charge < -0.3 is 10.2 Å². The number of pyridine rings is 1. The summed E-state index contributed by atoms with van der Waals surface area (Å²) in [5, 5.41) is 3.33. The number of benzene rings is 2. The second-order valence-corrected chi connectivity index (χ2v) is 11.0. The van der Waals surface area contributed by atoms with E-state index in [1.165, 1.54) is 35.4 Å². The number of hydrogen-bond donors (Lipinski definition) is 2. The Hall–Kier alpha value is -3.30. The summed E-state index contributed by atoms with van der Waals surface area (Å²) in [6, 6.07) is 14.7. The molecule has 1 aromatic heterocycles. The van der Waals surface area contributed by atoms with Crippen LogP contribution in [0.4, 0.5) is 20.3 Å². The van der Waals surface area contributed by atoms with Crippen LogP contribution in [0.3, 0.4) is 0 Å². The van der Waals surface area contributed by atoms with E-state index < -0.39 is 26.7 Å². The number of nitrogens with zero attached hydrogens (tertiary/aromatic N) is 2. The van der Waals surface area contributed by atoms with E-state index in [2.05, 4.69) is 45.9 Å². The Kier molecular flexibility index (Phi) is 6.53. The second kappa shape index (κ2) is 9.63. The molecule has 5 rings (SSSR count). The number of sulfonamides is 1. The van der Waals surface area contributed by atoms with E-state index in [-0.39, 0.29) is 17.9 Å². The molecular formula is C27H28F2N4O2S. The predicted octanol–water partition coefficient (Wildman–Crippen LogP) is 5.22. The van der Waals surface area contributed by atoms with Gasteiger partial charge in [0, 0.05) is 30.7 Å². The third-order valence-corrected chi connectivity index (χ3v) is 8.31. The van der Waals surface area contributed by atoms with Crippen molar-refractivity contribution in [2.45, 2.75) is 43.2 Å². The highest BCUT2D eigenvalue weighted by atomic mass is 32.2. The molecule has 2 unspecified atom stereocenters. The molecule has 1 fully saturated rings. The average molecular weight is 511 g/mol. The third-order valence-electron chi connectivity index (χ3n) is 6.94. The number of rotatable bonds is 6. The molecule has 3 aromatic rings. The van der Waals surface area contributed by atoms with E-state index in [4.69, 9.17) is 0 Å². The molecule has 1 saturated heterocycles. The van der Waals surface area contributed by atoms with E-state index in [0.29, 0.717) is 17.2 Å². The zero-order chi connectivity index (χ0) is 25.4. The highest BCUT2D eigenvalue weighted by molar-refractivity contribution is 7.92. The van der Waals surface area contributed by atoms with Gasteiger partial charge in [-0.25, -0.2) is 17.8 Å². The minimum absolute atomic E-state index is 0.0570. The molecule has 2 aliphatic heterocycles. The predicted molar refractivity (Wildman–Crippen MR) is 137 cm³/mol. The van der Waals surface area contributed by atoms with Gasteiger partial charge in [-0.3, -0.25) is 4.72 Å². The molecule has 2 atom stereocenters. The van der Waals surface area contributed by atoms with E-state index >= 15 is 4.39 Å². The second-order valence-electron chi connectivity index (χ2n) is 9.35. The number of halogens is 2. The van der Waals surface area contributed by atoms with Crippen molar-refractivity contribution in [2.24, 2.45) is 0 Å². The van der Waals surface area contributed by atoms with Crippen molar-refractivity contribution in [3.8, 4) is 0 Å². The summed E-state index contributed by atoms with van der Waals surface area (Å²) in [6.45, 7) is 6.06. The Morgan fingerprint density at radius 3 is 2.61 bits per heavy atom. The Bertz CT molecular complexity index is 1420. The maximum atomic E-state index is 15.5. The molecular weight excluding hydrogens is 482 g/mol. The first-order chi connectivity index (χ1) is 17.2. The molecule has 2 aliphatic rings. The molecule has 36 heavy (non-hydrogen) atoms. The van der Waals surface area contributed by atoms with Crippen molar-refractivity contribution in [3.63, 3.8) is 0 Å². The standard InChI is InChI=1S/C27H28F2N4O2S/c1-17-7-5-8-19-13-25(36(34,35)32-27-12-6-11-26(29)31-27)23(28)14-24(19)33(17)18(2)21-9-3-4-10-22(21)20-15-30-16-20/h3-6,8-14,17-18,20,30H,7,15-16H2,1-2H3,(H,31,32). The monoisotopic (exact) mass is 510 g/mol. The Balaban J connectivity index is 1.54. The lowest BCUT2D eigenvalue weighted by atomic mass is 9.86. The Morgan fingerprint density at radius 2 is 1.89 bits per heavy atom. The zero-order valence-electron chi connectivity index (χ0n) is 20.1. The molecule has 0 spiro atoms. The van der Waals surface area contributed by atoms with Crippen LogP contribution >= 0.6 is 0 Å². The quantitative estimate of drug-likeness (QED) is 0.445. The van der Waals surface area contributed by atoms with Crippen LogP contribution in [-0.4, -0.2) is 32.5 Å². The Labute approximate surface area is 210 Å². The molecule has 9 heteroatoms. The third kappa shape index (κ3) is 4.60. The molecule has 0 aliphatic carbocycles. The van der Waals surface area contributed by atoms with E-state index in [9.17, 15) is 12.8 Å². The van der Waals surface area contributed by atoms with Gasteiger partial charge in [-0.2, -0.15) is 4.39 Å². The molecule has 0 amide bonds. The minimum Gasteiger partial charge on any atom is -0.361 e. The molecule has 188 valence electrons. The van der Waals surface area contributed by atoms with Crippen LogP contribution in [0.1, 0.15) is 48.9 Å². The van der Waals surface area contributed by atoms with Crippen LogP contribution < -0.4 is 14.9 Å². The lowest BCUT2D eigenvalue weighted by Crippen LogP contribution is -2.41. The minimum atomic E-state index is -4.34. The largest absolute Gasteiger partial charge is 0.361 e. The van der Waals surface area contributed by atoms with Gasteiger partial charge in [-0.05, 0) is 61.2 Å². The van der Waals surface area contributed by atoms with Gasteiger partial charge in [0.25, 0.3) is 10.0 Å². The zero-order valence-corrected chi connectivity index (χ0v) is 20.9. The molecule has 0 bridgehead atoms. The first kappa shape index (κ1) is 24.4. The molecule has 0 radical (unpaired) electrons. The summed E-state index contributed by atoms with van der Waals surface area (Å²) < 4.78 is 57.1. The topological polar surface area (TPSA) is 74.3 Å². The summed E-state index contributed by atoms with van der Waals surface area (Å²) in [4.78, 5) is 5.18. The fraction of sp³-hybridized carbons (Fsp3) is 0.296. The summed E-state index contributed by atoms with van der Waals surface area (Å²) in [5.41, 5.74) is 3.69. The van der Waals surface area contributed by atoms with Crippen molar-refractivity contribution >= 4 is 27.6 Å². The molecule has 0 saturated carbocycles. The van der Waals surface area contributed by atoms with Crippen LogP contribution in [0.5, 0.6) is 0 Å². The van der Waals surface area contributed by atoms with Crippen LogP contribution in [0.2, 0.25) is 0 Å². The van der Waals surface area contributed by atoms with Gasteiger partial charge in [-0.15, -0.1) is 0 Å². The van der Waals surface area contributed by atoms with Crippen molar-refractivity contribution in [1.82, 2.24) is 10.3 Å². The summed E-state index contributed by atoms with van der Waals surface area (Å²) in [7, 11) is -4.34. The summed E-state index contributed by atoms with van der Waals surface area (Å²) in [6.07, 6.45) is 4.54. The smallest absolute Gasteiger partial charge is 0.265 e. The van der Waals surface area contributed by atoms with Crippen LogP contribution in [0, 0.1) is 11.8 Å². The number of nitrogens with one attached hydrogen (secondary N) is 2.